The molecule has 0 fully saturated rings. The summed E-state index contributed by atoms with van der Waals surface area (Å²) in [7, 11) is 0. The minimum Gasteiger partial charge on any atom is -0.508 e. The third-order valence-electron chi connectivity index (χ3n) is 2.69. The normalized spacial score (nSPS) is 10.9. The number of rotatable bonds is 4. The second kappa shape index (κ2) is 4.47. The maximum Gasteiger partial charge on any atom is 0.237 e. The van der Waals surface area contributed by atoms with E-state index in [2.05, 4.69) is 0 Å². The number of hydrogen-bond acceptors (Lipinski definition) is 3. The summed E-state index contributed by atoms with van der Waals surface area (Å²) in [4.78, 5) is 11.0. The highest BCUT2D eigenvalue weighted by atomic mass is 16.3. The number of phenolic OH excluding ortho intramolecular Hbond substituents is 1. The van der Waals surface area contributed by atoms with Crippen LogP contribution in [0.4, 0.5) is 0 Å². The molecule has 0 saturated heterocycles. The van der Waals surface area contributed by atoms with Crippen molar-refractivity contribution >= 4 is 16.8 Å². The zero-order valence-corrected chi connectivity index (χ0v) is 9.39. The molecule has 1 aromatic carbocycles. The van der Waals surface area contributed by atoms with Gasteiger partial charge in [-0.15, -0.1) is 0 Å². The standard InChI is InChI=1S/C12H15N3O2/c13-4-3-8-6-15(7-12(14)17)11-2-1-9(16)5-10(8)11/h1-2,5-6,16H,3-4,7,13H2,(H2,14,17). The van der Waals surface area contributed by atoms with Crippen LogP contribution in [0.2, 0.25) is 0 Å². The van der Waals surface area contributed by atoms with E-state index in [-0.39, 0.29) is 12.3 Å². The monoisotopic (exact) mass is 233 g/mol. The number of phenols is 1. The van der Waals surface area contributed by atoms with Crippen LogP contribution in [0.15, 0.2) is 24.4 Å². The number of nitrogens with zero attached hydrogens (tertiary/aromatic N) is 1. The third-order valence-corrected chi connectivity index (χ3v) is 2.69. The van der Waals surface area contributed by atoms with Crippen LogP contribution < -0.4 is 11.5 Å². The minimum atomic E-state index is -0.394. The van der Waals surface area contributed by atoms with E-state index in [0.29, 0.717) is 13.0 Å². The van der Waals surface area contributed by atoms with Gasteiger partial charge in [0.15, 0.2) is 0 Å². The van der Waals surface area contributed by atoms with Gasteiger partial charge in [-0.3, -0.25) is 4.79 Å². The van der Waals surface area contributed by atoms with Crippen molar-refractivity contribution in [3.8, 4) is 5.75 Å². The van der Waals surface area contributed by atoms with Gasteiger partial charge in [0, 0.05) is 17.1 Å². The van der Waals surface area contributed by atoms with Crippen LogP contribution in [0, 0.1) is 0 Å². The SMILES string of the molecule is NCCc1cn(CC(N)=O)c2ccc(O)cc12. The molecule has 0 atom stereocenters. The smallest absolute Gasteiger partial charge is 0.237 e. The minimum absolute atomic E-state index is 0.131. The molecule has 5 N–H and O–H groups in total. The molecular weight excluding hydrogens is 218 g/mol. The molecule has 2 rings (SSSR count). The Morgan fingerprint density at radius 2 is 2.18 bits per heavy atom. The Balaban J connectivity index is 2.57. The molecule has 90 valence electrons. The summed E-state index contributed by atoms with van der Waals surface area (Å²) in [5.74, 6) is -0.193. The van der Waals surface area contributed by atoms with E-state index < -0.39 is 5.91 Å². The Kier molecular flexibility index (Phi) is 3.01. The van der Waals surface area contributed by atoms with Crippen molar-refractivity contribution in [1.82, 2.24) is 4.57 Å². The average Bonchev–Trinajstić information content (AvgIpc) is 2.56. The van der Waals surface area contributed by atoms with Crippen LogP contribution in [-0.2, 0) is 17.8 Å². The molecule has 0 radical (unpaired) electrons. The lowest BCUT2D eigenvalue weighted by atomic mass is 10.1. The number of carbonyl (C=O) groups excluding carboxylic acids is 1. The largest absolute Gasteiger partial charge is 0.508 e. The fourth-order valence-corrected chi connectivity index (χ4v) is 2.01. The molecule has 5 nitrogen and oxygen atoms in total. The second-order valence-corrected chi connectivity index (χ2v) is 3.99. The van der Waals surface area contributed by atoms with Crippen LogP contribution in [0.3, 0.4) is 0 Å². The molecule has 0 saturated carbocycles. The first-order valence-electron chi connectivity index (χ1n) is 5.41. The number of hydrogen-bond donors (Lipinski definition) is 3. The van der Waals surface area contributed by atoms with Crippen LogP contribution in [0.1, 0.15) is 5.56 Å². The van der Waals surface area contributed by atoms with E-state index in [1.165, 1.54) is 0 Å². The van der Waals surface area contributed by atoms with Gasteiger partial charge in [-0.05, 0) is 36.7 Å². The first kappa shape index (κ1) is 11.5. The van der Waals surface area contributed by atoms with Crippen molar-refractivity contribution in [3.05, 3.63) is 30.0 Å². The van der Waals surface area contributed by atoms with Crippen molar-refractivity contribution in [2.24, 2.45) is 11.5 Å². The van der Waals surface area contributed by atoms with Gasteiger partial charge in [0.05, 0.1) is 0 Å². The van der Waals surface area contributed by atoms with Crippen LogP contribution in [-0.4, -0.2) is 22.1 Å². The van der Waals surface area contributed by atoms with Gasteiger partial charge in [-0.25, -0.2) is 0 Å². The first-order chi connectivity index (χ1) is 8.11. The van der Waals surface area contributed by atoms with Crippen molar-refractivity contribution in [2.45, 2.75) is 13.0 Å². The number of carbonyl (C=O) groups is 1. The molecule has 5 heteroatoms. The molecule has 0 spiro atoms. The summed E-state index contributed by atoms with van der Waals surface area (Å²) in [5.41, 5.74) is 12.6. The van der Waals surface area contributed by atoms with Crippen molar-refractivity contribution in [1.29, 1.82) is 0 Å². The summed E-state index contributed by atoms with van der Waals surface area (Å²) in [6.07, 6.45) is 2.56. The van der Waals surface area contributed by atoms with Gasteiger partial charge in [-0.1, -0.05) is 0 Å². The van der Waals surface area contributed by atoms with E-state index in [0.717, 1.165) is 16.5 Å². The fraction of sp³-hybridized carbons (Fsp3) is 0.250. The maximum atomic E-state index is 11.0. The molecule has 0 aliphatic rings. The molecule has 1 heterocycles. The summed E-state index contributed by atoms with van der Waals surface area (Å²) in [6.45, 7) is 0.650. The molecule has 0 aliphatic carbocycles. The maximum absolute atomic E-state index is 11.0. The number of amides is 1. The third kappa shape index (κ3) is 2.24. The predicted octanol–water partition coefficient (Wildman–Crippen LogP) is 0.333. The molecular formula is C12H15N3O2. The molecule has 1 aromatic heterocycles. The van der Waals surface area contributed by atoms with E-state index in [1.807, 2.05) is 6.20 Å². The van der Waals surface area contributed by atoms with Gasteiger partial charge in [0.25, 0.3) is 0 Å². The van der Waals surface area contributed by atoms with Crippen LogP contribution in [0.25, 0.3) is 10.9 Å². The first-order valence-corrected chi connectivity index (χ1v) is 5.41. The molecule has 0 unspecified atom stereocenters. The van der Waals surface area contributed by atoms with E-state index in [9.17, 15) is 9.90 Å². The molecule has 0 bridgehead atoms. The van der Waals surface area contributed by atoms with Crippen LogP contribution >= 0.6 is 0 Å². The van der Waals surface area contributed by atoms with Gasteiger partial charge < -0.3 is 21.1 Å². The molecule has 0 aliphatic heterocycles. The Morgan fingerprint density at radius 1 is 1.41 bits per heavy atom. The highest BCUT2D eigenvalue weighted by molar-refractivity contribution is 5.87. The number of benzene rings is 1. The van der Waals surface area contributed by atoms with Crippen molar-refractivity contribution < 1.29 is 9.90 Å². The zero-order valence-electron chi connectivity index (χ0n) is 9.39. The van der Waals surface area contributed by atoms with Gasteiger partial charge in [0.1, 0.15) is 12.3 Å². The summed E-state index contributed by atoms with van der Waals surface area (Å²) < 4.78 is 1.78. The number of nitrogens with two attached hydrogens (primary N) is 2. The van der Waals surface area contributed by atoms with E-state index in [4.69, 9.17) is 11.5 Å². The predicted molar refractivity (Wildman–Crippen MR) is 65.6 cm³/mol. The zero-order chi connectivity index (χ0) is 12.4. The summed E-state index contributed by atoms with van der Waals surface area (Å²) in [5, 5.41) is 10.4. The lowest BCUT2D eigenvalue weighted by Gasteiger charge is -2.01. The van der Waals surface area contributed by atoms with Gasteiger partial charge in [-0.2, -0.15) is 0 Å². The molecule has 17 heavy (non-hydrogen) atoms. The Labute approximate surface area is 98.6 Å². The highest BCUT2D eigenvalue weighted by Crippen LogP contribution is 2.25. The van der Waals surface area contributed by atoms with Gasteiger partial charge in [0.2, 0.25) is 5.91 Å². The highest BCUT2D eigenvalue weighted by Gasteiger charge is 2.10. The molecule has 1 amide bonds. The quantitative estimate of drug-likeness (QED) is 0.710. The number of aromatic hydroxyl groups is 1. The Bertz CT molecular complexity index is 560. The van der Waals surface area contributed by atoms with Gasteiger partial charge >= 0.3 is 0 Å². The fourth-order valence-electron chi connectivity index (χ4n) is 2.01. The lowest BCUT2D eigenvalue weighted by molar-refractivity contribution is -0.118. The van der Waals surface area contributed by atoms with Crippen molar-refractivity contribution in [2.75, 3.05) is 6.54 Å². The van der Waals surface area contributed by atoms with E-state index in [1.54, 1.807) is 22.8 Å². The average molecular weight is 233 g/mol. The van der Waals surface area contributed by atoms with Crippen LogP contribution in [0.5, 0.6) is 5.75 Å². The number of primary amides is 1. The number of fused-ring (bicyclic) bond motifs is 1. The second-order valence-electron chi connectivity index (χ2n) is 3.99. The summed E-state index contributed by atoms with van der Waals surface area (Å²) >= 11 is 0. The van der Waals surface area contributed by atoms with Crippen molar-refractivity contribution in [3.63, 3.8) is 0 Å². The Hall–Kier alpha value is -2.01. The molecule has 2 aromatic rings. The Morgan fingerprint density at radius 3 is 2.82 bits per heavy atom. The summed E-state index contributed by atoms with van der Waals surface area (Å²) in [6, 6.07) is 5.04. The number of aromatic nitrogens is 1. The topological polar surface area (TPSA) is 94.3 Å². The lowest BCUT2D eigenvalue weighted by Crippen LogP contribution is -2.17. The van der Waals surface area contributed by atoms with E-state index >= 15 is 0 Å².